The minimum Gasteiger partial charge on any atom is -0.494 e. The molecule has 0 radical (unpaired) electrons. The summed E-state index contributed by atoms with van der Waals surface area (Å²) in [5, 5.41) is 5.75. The van der Waals surface area contributed by atoms with Gasteiger partial charge in [-0.05, 0) is 30.0 Å². The number of hydrogen-bond acceptors (Lipinski definition) is 3. The van der Waals surface area contributed by atoms with E-state index in [0.29, 0.717) is 19.0 Å². The van der Waals surface area contributed by atoms with Crippen molar-refractivity contribution in [1.29, 1.82) is 0 Å². The van der Waals surface area contributed by atoms with Crippen LogP contribution in [-0.4, -0.2) is 25.7 Å². The minimum absolute atomic E-state index is 0.491. The first-order chi connectivity index (χ1) is 9.58. The standard InChI is InChI=1S/C15H25N3O2/c1-12(2)7-10-20-14-5-3-13(4-6-14)11-17-8-9-18-15(16)19/h3-6,12,17H,7-11H2,1-2H3,(H3,16,18,19). The minimum atomic E-state index is -0.491. The molecule has 0 aliphatic rings. The van der Waals surface area contributed by atoms with E-state index in [9.17, 15) is 4.79 Å². The summed E-state index contributed by atoms with van der Waals surface area (Å²) in [7, 11) is 0. The number of rotatable bonds is 9. The number of amides is 2. The Hall–Kier alpha value is -1.75. The number of carbonyl (C=O) groups is 1. The van der Waals surface area contributed by atoms with E-state index >= 15 is 0 Å². The van der Waals surface area contributed by atoms with Crippen LogP contribution in [0.2, 0.25) is 0 Å². The molecular formula is C15H25N3O2. The molecule has 0 aliphatic carbocycles. The molecule has 0 heterocycles. The van der Waals surface area contributed by atoms with Crippen molar-refractivity contribution in [3.8, 4) is 5.75 Å². The van der Waals surface area contributed by atoms with E-state index in [1.165, 1.54) is 5.56 Å². The average molecular weight is 279 g/mol. The van der Waals surface area contributed by atoms with Crippen molar-refractivity contribution in [2.24, 2.45) is 11.7 Å². The van der Waals surface area contributed by atoms with Crippen molar-refractivity contribution >= 4 is 6.03 Å². The molecule has 0 fully saturated rings. The van der Waals surface area contributed by atoms with Gasteiger partial charge < -0.3 is 21.1 Å². The van der Waals surface area contributed by atoms with Crippen LogP contribution in [0.4, 0.5) is 4.79 Å². The number of nitrogens with one attached hydrogen (secondary N) is 2. The van der Waals surface area contributed by atoms with E-state index in [4.69, 9.17) is 10.5 Å². The number of carbonyl (C=O) groups excluding carboxylic acids is 1. The van der Waals surface area contributed by atoms with Crippen LogP contribution in [0, 0.1) is 5.92 Å². The number of benzene rings is 1. The van der Waals surface area contributed by atoms with Gasteiger partial charge >= 0.3 is 6.03 Å². The summed E-state index contributed by atoms with van der Waals surface area (Å²) < 4.78 is 5.66. The van der Waals surface area contributed by atoms with E-state index in [2.05, 4.69) is 24.5 Å². The Morgan fingerprint density at radius 3 is 2.55 bits per heavy atom. The lowest BCUT2D eigenvalue weighted by atomic mass is 10.1. The molecule has 0 saturated heterocycles. The van der Waals surface area contributed by atoms with E-state index in [1.807, 2.05) is 24.3 Å². The third kappa shape index (κ3) is 7.63. The second-order valence-electron chi connectivity index (χ2n) is 5.14. The van der Waals surface area contributed by atoms with Gasteiger partial charge in [-0.2, -0.15) is 0 Å². The summed E-state index contributed by atoms with van der Waals surface area (Å²) in [4.78, 5) is 10.5. The highest BCUT2D eigenvalue weighted by atomic mass is 16.5. The van der Waals surface area contributed by atoms with Crippen molar-refractivity contribution in [3.05, 3.63) is 29.8 Å². The van der Waals surface area contributed by atoms with Gasteiger partial charge in [-0.15, -0.1) is 0 Å². The first kappa shape index (κ1) is 16.3. The number of ether oxygens (including phenoxy) is 1. The lowest BCUT2D eigenvalue weighted by Crippen LogP contribution is -2.35. The molecule has 0 aromatic heterocycles. The van der Waals surface area contributed by atoms with E-state index in [-0.39, 0.29) is 0 Å². The van der Waals surface area contributed by atoms with E-state index in [0.717, 1.165) is 25.3 Å². The fraction of sp³-hybridized carbons (Fsp3) is 0.533. The third-order valence-corrected chi connectivity index (χ3v) is 2.82. The van der Waals surface area contributed by atoms with Gasteiger partial charge in [0.05, 0.1) is 6.61 Å². The first-order valence-corrected chi connectivity index (χ1v) is 7.03. The fourth-order valence-corrected chi connectivity index (χ4v) is 1.62. The Balaban J connectivity index is 2.19. The summed E-state index contributed by atoms with van der Waals surface area (Å²) in [5.74, 6) is 1.57. The summed E-state index contributed by atoms with van der Waals surface area (Å²) >= 11 is 0. The topological polar surface area (TPSA) is 76.4 Å². The van der Waals surface area contributed by atoms with Crippen LogP contribution in [-0.2, 0) is 6.54 Å². The maximum absolute atomic E-state index is 10.5. The summed E-state index contributed by atoms with van der Waals surface area (Å²) in [6.45, 7) is 7.11. The van der Waals surface area contributed by atoms with Crippen molar-refractivity contribution in [3.63, 3.8) is 0 Å². The first-order valence-electron chi connectivity index (χ1n) is 7.03. The highest BCUT2D eigenvalue weighted by Crippen LogP contribution is 2.13. The van der Waals surface area contributed by atoms with Gasteiger partial charge in [0, 0.05) is 19.6 Å². The van der Waals surface area contributed by atoms with Gasteiger partial charge in [-0.3, -0.25) is 0 Å². The molecule has 0 bridgehead atoms. The molecule has 0 saturated carbocycles. The normalized spacial score (nSPS) is 10.6. The van der Waals surface area contributed by atoms with Crippen LogP contribution in [0.25, 0.3) is 0 Å². The average Bonchev–Trinajstić information content (AvgIpc) is 2.39. The summed E-state index contributed by atoms with van der Waals surface area (Å²) in [6.07, 6.45) is 1.07. The number of nitrogens with two attached hydrogens (primary N) is 1. The molecule has 4 N–H and O–H groups in total. The van der Waals surface area contributed by atoms with Crippen LogP contribution < -0.4 is 21.1 Å². The second kappa shape index (κ2) is 9.20. The Bertz CT molecular complexity index is 391. The molecule has 1 rings (SSSR count). The predicted octanol–water partition coefficient (Wildman–Crippen LogP) is 1.87. The Morgan fingerprint density at radius 1 is 1.25 bits per heavy atom. The van der Waals surface area contributed by atoms with Crippen LogP contribution in [0.1, 0.15) is 25.8 Å². The molecule has 20 heavy (non-hydrogen) atoms. The fourth-order valence-electron chi connectivity index (χ4n) is 1.62. The lowest BCUT2D eigenvalue weighted by Gasteiger charge is -2.09. The molecule has 1 aromatic rings. The second-order valence-corrected chi connectivity index (χ2v) is 5.14. The maximum Gasteiger partial charge on any atom is 0.312 e. The summed E-state index contributed by atoms with van der Waals surface area (Å²) in [6, 6.07) is 7.56. The van der Waals surface area contributed by atoms with Crippen molar-refractivity contribution < 1.29 is 9.53 Å². The number of urea groups is 1. The Morgan fingerprint density at radius 2 is 1.95 bits per heavy atom. The Kier molecular flexibility index (Phi) is 7.50. The molecule has 112 valence electrons. The van der Waals surface area contributed by atoms with E-state index in [1.54, 1.807) is 0 Å². The molecule has 0 aliphatic heterocycles. The van der Waals surface area contributed by atoms with Gasteiger partial charge in [0.25, 0.3) is 0 Å². The van der Waals surface area contributed by atoms with Crippen LogP contribution >= 0.6 is 0 Å². The van der Waals surface area contributed by atoms with Crippen LogP contribution in [0.3, 0.4) is 0 Å². The largest absolute Gasteiger partial charge is 0.494 e. The predicted molar refractivity (Wildman–Crippen MR) is 80.7 cm³/mol. The Labute approximate surface area is 120 Å². The van der Waals surface area contributed by atoms with Crippen LogP contribution in [0.15, 0.2) is 24.3 Å². The van der Waals surface area contributed by atoms with Crippen molar-refractivity contribution in [1.82, 2.24) is 10.6 Å². The van der Waals surface area contributed by atoms with Gasteiger partial charge in [0.2, 0.25) is 0 Å². The quantitative estimate of drug-likeness (QED) is 0.604. The van der Waals surface area contributed by atoms with Crippen LogP contribution in [0.5, 0.6) is 5.75 Å². The molecule has 5 heteroatoms. The van der Waals surface area contributed by atoms with Gasteiger partial charge in [0.1, 0.15) is 5.75 Å². The molecule has 0 spiro atoms. The number of hydrogen-bond donors (Lipinski definition) is 3. The zero-order valence-electron chi connectivity index (χ0n) is 12.3. The SMILES string of the molecule is CC(C)CCOc1ccc(CNCCNC(N)=O)cc1. The van der Waals surface area contributed by atoms with E-state index < -0.39 is 6.03 Å². The highest BCUT2D eigenvalue weighted by molar-refractivity contribution is 5.71. The smallest absolute Gasteiger partial charge is 0.312 e. The summed E-state index contributed by atoms with van der Waals surface area (Å²) in [5.41, 5.74) is 6.15. The molecule has 1 aromatic carbocycles. The van der Waals surface area contributed by atoms with Gasteiger partial charge in [-0.25, -0.2) is 4.79 Å². The molecular weight excluding hydrogens is 254 g/mol. The van der Waals surface area contributed by atoms with Crippen molar-refractivity contribution in [2.75, 3.05) is 19.7 Å². The maximum atomic E-state index is 10.5. The van der Waals surface area contributed by atoms with Crippen molar-refractivity contribution in [2.45, 2.75) is 26.8 Å². The monoisotopic (exact) mass is 279 g/mol. The zero-order chi connectivity index (χ0) is 14.8. The van der Waals surface area contributed by atoms with Gasteiger partial charge in [-0.1, -0.05) is 26.0 Å². The molecule has 0 unspecified atom stereocenters. The van der Waals surface area contributed by atoms with Gasteiger partial charge in [0.15, 0.2) is 0 Å². The molecule has 2 amide bonds. The number of primary amides is 1. The highest BCUT2D eigenvalue weighted by Gasteiger charge is 1.98. The third-order valence-electron chi connectivity index (χ3n) is 2.82. The molecule has 0 atom stereocenters. The zero-order valence-corrected chi connectivity index (χ0v) is 12.3. The molecule has 5 nitrogen and oxygen atoms in total. The lowest BCUT2D eigenvalue weighted by molar-refractivity contribution is 0.249.